The van der Waals surface area contributed by atoms with Crippen molar-refractivity contribution in [3.63, 3.8) is 0 Å². The Morgan fingerprint density at radius 3 is 2.67 bits per heavy atom. The minimum absolute atomic E-state index is 0.0280. The van der Waals surface area contributed by atoms with E-state index in [9.17, 15) is 5.11 Å². The highest BCUT2D eigenvalue weighted by Crippen LogP contribution is 2.22. The maximum absolute atomic E-state index is 9.29. The summed E-state index contributed by atoms with van der Waals surface area (Å²) in [6.07, 6.45) is 5.22. The van der Waals surface area contributed by atoms with Gasteiger partial charge in [0.2, 0.25) is 0 Å². The van der Waals surface area contributed by atoms with Crippen molar-refractivity contribution in [2.45, 2.75) is 33.3 Å². The van der Waals surface area contributed by atoms with Gasteiger partial charge in [-0.1, -0.05) is 13.8 Å². The molecule has 0 saturated carbocycles. The Hall–Kier alpha value is -1.81. The van der Waals surface area contributed by atoms with Crippen molar-refractivity contribution in [2.75, 3.05) is 0 Å². The predicted octanol–water partition coefficient (Wildman–Crippen LogP) is 2.46. The van der Waals surface area contributed by atoms with Gasteiger partial charge in [0.15, 0.2) is 5.82 Å². The fraction of sp³-hybridized carbons (Fsp3) is 0.357. The number of hydrogen-bond donors (Lipinski definition) is 1. The van der Waals surface area contributed by atoms with Crippen molar-refractivity contribution in [2.24, 2.45) is 0 Å². The highest BCUT2D eigenvalue weighted by atomic mass is 16.3. The zero-order valence-corrected chi connectivity index (χ0v) is 10.9. The molecule has 0 aliphatic rings. The summed E-state index contributed by atoms with van der Waals surface area (Å²) in [7, 11) is 0. The minimum atomic E-state index is -0.0280. The molecule has 0 aliphatic carbocycles. The molecule has 4 heteroatoms. The Morgan fingerprint density at radius 2 is 2.06 bits per heavy atom. The molecule has 0 aromatic carbocycles. The molecule has 0 aliphatic heterocycles. The van der Waals surface area contributed by atoms with Crippen LogP contribution < -0.4 is 0 Å². The maximum atomic E-state index is 9.29. The average molecular weight is 243 g/mol. The van der Waals surface area contributed by atoms with E-state index in [1.165, 1.54) is 0 Å². The molecule has 2 heterocycles. The van der Waals surface area contributed by atoms with Crippen LogP contribution >= 0.6 is 0 Å². The van der Waals surface area contributed by atoms with E-state index in [-0.39, 0.29) is 12.5 Å². The van der Waals surface area contributed by atoms with Gasteiger partial charge in [0.25, 0.3) is 0 Å². The number of aliphatic hydroxyl groups is 1. The third-order valence-electron chi connectivity index (χ3n) is 2.90. The van der Waals surface area contributed by atoms with E-state index < -0.39 is 0 Å². The van der Waals surface area contributed by atoms with Crippen molar-refractivity contribution in [1.29, 1.82) is 0 Å². The van der Waals surface area contributed by atoms with E-state index in [4.69, 9.17) is 0 Å². The first-order chi connectivity index (χ1) is 8.63. The van der Waals surface area contributed by atoms with Crippen molar-refractivity contribution in [1.82, 2.24) is 15.0 Å². The maximum Gasteiger partial charge on any atom is 0.161 e. The molecular formula is C14H17N3O. The zero-order chi connectivity index (χ0) is 13.1. The lowest BCUT2D eigenvalue weighted by molar-refractivity contribution is 0.279. The van der Waals surface area contributed by atoms with Crippen LogP contribution in [0.1, 0.15) is 36.6 Å². The Kier molecular flexibility index (Phi) is 3.67. The number of pyridine rings is 1. The molecule has 94 valence electrons. The minimum Gasteiger partial charge on any atom is -0.392 e. The van der Waals surface area contributed by atoms with Crippen LogP contribution in [0.25, 0.3) is 11.4 Å². The smallest absolute Gasteiger partial charge is 0.161 e. The number of aliphatic hydroxyl groups excluding tert-OH is 1. The first-order valence-corrected chi connectivity index (χ1v) is 6.01. The Balaban J connectivity index is 2.54. The van der Waals surface area contributed by atoms with Crippen LogP contribution in [0, 0.1) is 6.92 Å². The summed E-state index contributed by atoms with van der Waals surface area (Å²) in [4.78, 5) is 13.0. The lowest BCUT2D eigenvalue weighted by Gasteiger charge is -2.12. The van der Waals surface area contributed by atoms with E-state index in [2.05, 4.69) is 28.8 Å². The number of aromatic nitrogens is 3. The molecule has 0 bridgehead atoms. The Labute approximate surface area is 107 Å². The molecule has 0 amide bonds. The van der Waals surface area contributed by atoms with Crippen LogP contribution in [0.4, 0.5) is 0 Å². The van der Waals surface area contributed by atoms with Crippen LogP contribution in [0.2, 0.25) is 0 Å². The molecule has 2 aromatic heterocycles. The van der Waals surface area contributed by atoms with Gasteiger partial charge in [-0.2, -0.15) is 0 Å². The molecule has 18 heavy (non-hydrogen) atoms. The SMILES string of the molecule is Cc1ccncc1-c1ncc(CO)c(C(C)C)n1. The second-order valence-corrected chi connectivity index (χ2v) is 4.61. The van der Waals surface area contributed by atoms with Gasteiger partial charge in [0, 0.05) is 29.7 Å². The van der Waals surface area contributed by atoms with E-state index in [1.54, 1.807) is 18.6 Å². The van der Waals surface area contributed by atoms with Crippen LogP contribution in [-0.2, 0) is 6.61 Å². The summed E-state index contributed by atoms with van der Waals surface area (Å²) >= 11 is 0. The average Bonchev–Trinajstić information content (AvgIpc) is 2.38. The van der Waals surface area contributed by atoms with Gasteiger partial charge < -0.3 is 5.11 Å². The summed E-state index contributed by atoms with van der Waals surface area (Å²) in [6, 6.07) is 1.94. The van der Waals surface area contributed by atoms with Crippen LogP contribution in [0.15, 0.2) is 24.7 Å². The van der Waals surface area contributed by atoms with Crippen molar-refractivity contribution < 1.29 is 5.11 Å². The summed E-state index contributed by atoms with van der Waals surface area (Å²) in [5, 5.41) is 9.29. The first kappa shape index (κ1) is 12.6. The van der Waals surface area contributed by atoms with Crippen LogP contribution in [0.3, 0.4) is 0 Å². The zero-order valence-electron chi connectivity index (χ0n) is 10.9. The number of nitrogens with zero attached hydrogens (tertiary/aromatic N) is 3. The second kappa shape index (κ2) is 5.23. The van der Waals surface area contributed by atoms with E-state index in [1.807, 2.05) is 13.0 Å². The van der Waals surface area contributed by atoms with Crippen LogP contribution in [0.5, 0.6) is 0 Å². The van der Waals surface area contributed by atoms with Gasteiger partial charge >= 0.3 is 0 Å². The van der Waals surface area contributed by atoms with E-state index >= 15 is 0 Å². The van der Waals surface area contributed by atoms with Gasteiger partial charge in [0.05, 0.1) is 12.3 Å². The molecule has 0 saturated heterocycles. The molecule has 0 fully saturated rings. The molecular weight excluding hydrogens is 226 g/mol. The van der Waals surface area contributed by atoms with Gasteiger partial charge in [-0.3, -0.25) is 4.98 Å². The summed E-state index contributed by atoms with van der Waals surface area (Å²) < 4.78 is 0. The van der Waals surface area contributed by atoms with Gasteiger partial charge in [-0.05, 0) is 24.5 Å². The van der Waals surface area contributed by atoms with Crippen molar-refractivity contribution >= 4 is 0 Å². The third-order valence-corrected chi connectivity index (χ3v) is 2.90. The van der Waals surface area contributed by atoms with E-state index in [0.717, 1.165) is 22.4 Å². The Morgan fingerprint density at radius 1 is 1.28 bits per heavy atom. The lowest BCUT2D eigenvalue weighted by Crippen LogP contribution is -2.04. The molecule has 4 nitrogen and oxygen atoms in total. The fourth-order valence-electron chi connectivity index (χ4n) is 1.87. The molecule has 0 radical (unpaired) electrons. The molecule has 0 atom stereocenters. The monoisotopic (exact) mass is 243 g/mol. The highest BCUT2D eigenvalue weighted by molar-refractivity contribution is 5.58. The lowest BCUT2D eigenvalue weighted by atomic mass is 10.0. The van der Waals surface area contributed by atoms with Gasteiger partial charge in [-0.15, -0.1) is 0 Å². The molecule has 0 spiro atoms. The predicted molar refractivity (Wildman–Crippen MR) is 70.0 cm³/mol. The number of aryl methyl sites for hydroxylation is 1. The standard InChI is InChI=1S/C14H17N3O/c1-9(2)13-11(8-18)6-16-14(17-13)12-7-15-5-4-10(12)3/h4-7,9,18H,8H2,1-3H3. The summed E-state index contributed by atoms with van der Waals surface area (Å²) in [5.74, 6) is 0.923. The second-order valence-electron chi connectivity index (χ2n) is 4.61. The number of rotatable bonds is 3. The molecule has 1 N–H and O–H groups in total. The summed E-state index contributed by atoms with van der Waals surface area (Å²) in [6.45, 7) is 6.10. The number of hydrogen-bond acceptors (Lipinski definition) is 4. The normalized spacial score (nSPS) is 10.9. The molecule has 0 unspecified atom stereocenters. The quantitative estimate of drug-likeness (QED) is 0.899. The van der Waals surface area contributed by atoms with Gasteiger partial charge in [0.1, 0.15) is 0 Å². The van der Waals surface area contributed by atoms with E-state index in [0.29, 0.717) is 5.82 Å². The molecule has 2 rings (SSSR count). The molecule has 2 aromatic rings. The first-order valence-electron chi connectivity index (χ1n) is 6.01. The van der Waals surface area contributed by atoms with Crippen LogP contribution in [-0.4, -0.2) is 20.1 Å². The Bertz CT molecular complexity index is 552. The largest absolute Gasteiger partial charge is 0.392 e. The van der Waals surface area contributed by atoms with Gasteiger partial charge in [-0.25, -0.2) is 9.97 Å². The fourth-order valence-corrected chi connectivity index (χ4v) is 1.87. The van der Waals surface area contributed by atoms with Crippen molar-refractivity contribution in [3.8, 4) is 11.4 Å². The van der Waals surface area contributed by atoms with Crippen molar-refractivity contribution in [3.05, 3.63) is 41.5 Å². The highest BCUT2D eigenvalue weighted by Gasteiger charge is 2.12. The third kappa shape index (κ3) is 2.38. The topological polar surface area (TPSA) is 58.9 Å². The summed E-state index contributed by atoms with van der Waals surface area (Å²) in [5.41, 5.74) is 3.71.